The van der Waals surface area contributed by atoms with E-state index in [1.165, 1.54) is 12.4 Å². The molecule has 12 heteroatoms. The van der Waals surface area contributed by atoms with E-state index in [9.17, 15) is 22.4 Å². The first kappa shape index (κ1) is 29.5. The highest BCUT2D eigenvalue weighted by atomic mass is 19.4. The van der Waals surface area contributed by atoms with Crippen LogP contribution in [0.5, 0.6) is 0 Å². The van der Waals surface area contributed by atoms with Crippen LogP contribution in [0.3, 0.4) is 0 Å². The number of imidazole rings is 1. The molecule has 44 heavy (non-hydrogen) atoms. The summed E-state index contributed by atoms with van der Waals surface area (Å²) in [5, 5.41) is 2.85. The number of rotatable bonds is 7. The Hall–Kier alpha value is -4.58. The third kappa shape index (κ3) is 5.94. The molecule has 2 aliphatic heterocycles. The van der Waals surface area contributed by atoms with Crippen molar-refractivity contribution >= 4 is 29.2 Å². The van der Waals surface area contributed by atoms with E-state index < -0.39 is 17.6 Å². The number of benzene rings is 2. The number of hydrogen-bond acceptors (Lipinski definition) is 6. The second-order valence-corrected chi connectivity index (χ2v) is 11.3. The van der Waals surface area contributed by atoms with E-state index >= 15 is 0 Å². The van der Waals surface area contributed by atoms with E-state index in [-0.39, 0.29) is 17.4 Å². The van der Waals surface area contributed by atoms with E-state index in [2.05, 4.69) is 20.2 Å². The third-order valence-electron chi connectivity index (χ3n) is 8.01. The summed E-state index contributed by atoms with van der Waals surface area (Å²) in [5.74, 6) is 0.441. The monoisotopic (exact) mass is 605 g/mol. The van der Waals surface area contributed by atoms with Crippen LogP contribution in [0.2, 0.25) is 0 Å². The summed E-state index contributed by atoms with van der Waals surface area (Å²) in [4.78, 5) is 30.8. The first-order valence-corrected chi connectivity index (χ1v) is 14.4. The molecule has 1 saturated heterocycles. The van der Waals surface area contributed by atoms with Gasteiger partial charge in [-0.2, -0.15) is 13.2 Å². The molecule has 2 aliphatic rings. The van der Waals surface area contributed by atoms with Crippen LogP contribution in [0.4, 0.5) is 29.2 Å². The number of hydrogen-bond donors (Lipinski definition) is 1. The SMILES string of the molecule is CN(C)CCn1cc(-c2ccc(F)c(C(F)(F)F)c2)nc1C1CCN(c2ncnc3c2/C(=C/c2ccccc2)C(=O)N3)CC1. The lowest BCUT2D eigenvalue weighted by Crippen LogP contribution is -2.35. The van der Waals surface area contributed by atoms with Crippen LogP contribution in [0.1, 0.15) is 41.3 Å². The predicted molar refractivity (Wildman–Crippen MR) is 160 cm³/mol. The Balaban J connectivity index is 1.27. The molecule has 0 spiro atoms. The molecule has 8 nitrogen and oxygen atoms in total. The van der Waals surface area contributed by atoms with Crippen molar-refractivity contribution in [3.8, 4) is 11.3 Å². The highest BCUT2D eigenvalue weighted by molar-refractivity contribution is 6.35. The average Bonchev–Trinajstić information content (AvgIpc) is 3.57. The number of carbonyl (C=O) groups is 1. The van der Waals surface area contributed by atoms with Crippen LogP contribution in [0, 0.1) is 5.82 Å². The molecule has 0 bridgehead atoms. The van der Waals surface area contributed by atoms with Gasteiger partial charge in [0.25, 0.3) is 5.91 Å². The van der Waals surface area contributed by atoms with Gasteiger partial charge in [0.2, 0.25) is 0 Å². The van der Waals surface area contributed by atoms with Gasteiger partial charge in [-0.05, 0) is 56.8 Å². The molecule has 0 unspecified atom stereocenters. The fraction of sp³-hybridized carbons (Fsp3) is 0.312. The minimum atomic E-state index is -4.80. The molecule has 1 amide bonds. The molecule has 4 heterocycles. The maximum atomic E-state index is 14.0. The van der Waals surface area contributed by atoms with Crippen molar-refractivity contribution in [1.82, 2.24) is 24.4 Å². The first-order chi connectivity index (χ1) is 21.1. The number of nitrogens with one attached hydrogen (secondary N) is 1. The van der Waals surface area contributed by atoms with E-state index in [0.717, 1.165) is 23.5 Å². The van der Waals surface area contributed by atoms with Gasteiger partial charge in [-0.3, -0.25) is 4.79 Å². The highest BCUT2D eigenvalue weighted by Crippen LogP contribution is 2.40. The number of likely N-dealkylation sites (N-methyl/N-ethyl adjacent to an activating group) is 1. The maximum absolute atomic E-state index is 14.0. The molecule has 228 valence electrons. The lowest BCUT2D eigenvalue weighted by molar-refractivity contribution is -0.139. The van der Waals surface area contributed by atoms with Crippen molar-refractivity contribution in [3.05, 3.63) is 89.4 Å². The van der Waals surface area contributed by atoms with E-state index in [4.69, 9.17) is 4.98 Å². The molecule has 2 aromatic carbocycles. The number of amides is 1. The molecule has 4 aromatic rings. The molecular formula is C32H31F4N7O. The van der Waals surface area contributed by atoms with Crippen LogP contribution in [0.25, 0.3) is 22.9 Å². The molecule has 1 fully saturated rings. The molecule has 0 radical (unpaired) electrons. The maximum Gasteiger partial charge on any atom is 0.419 e. The zero-order chi connectivity index (χ0) is 31.0. The van der Waals surface area contributed by atoms with E-state index in [1.807, 2.05) is 60.0 Å². The number of halogens is 4. The lowest BCUT2D eigenvalue weighted by Gasteiger charge is -2.33. The second-order valence-electron chi connectivity index (χ2n) is 11.3. The van der Waals surface area contributed by atoms with E-state index in [1.54, 1.807) is 6.20 Å². The predicted octanol–water partition coefficient (Wildman–Crippen LogP) is 5.94. The highest BCUT2D eigenvalue weighted by Gasteiger charge is 2.35. The first-order valence-electron chi connectivity index (χ1n) is 14.4. The van der Waals surface area contributed by atoms with Gasteiger partial charge in [-0.15, -0.1) is 0 Å². The number of fused-ring (bicyclic) bond motifs is 1. The van der Waals surface area contributed by atoms with Crippen LogP contribution >= 0.6 is 0 Å². The van der Waals surface area contributed by atoms with Crippen LogP contribution < -0.4 is 10.2 Å². The van der Waals surface area contributed by atoms with Gasteiger partial charge in [0.05, 0.1) is 22.4 Å². The summed E-state index contributed by atoms with van der Waals surface area (Å²) in [5.41, 5.74) is 1.35. The number of anilines is 2. The van der Waals surface area contributed by atoms with Gasteiger partial charge in [-0.25, -0.2) is 19.3 Å². The van der Waals surface area contributed by atoms with Crippen molar-refractivity contribution in [2.45, 2.75) is 31.5 Å². The van der Waals surface area contributed by atoms with E-state index in [0.29, 0.717) is 67.5 Å². The zero-order valence-corrected chi connectivity index (χ0v) is 24.3. The summed E-state index contributed by atoms with van der Waals surface area (Å²) in [7, 11) is 3.90. The molecular weight excluding hydrogens is 574 g/mol. The summed E-state index contributed by atoms with van der Waals surface area (Å²) in [6.45, 7) is 2.57. The fourth-order valence-electron chi connectivity index (χ4n) is 5.73. The zero-order valence-electron chi connectivity index (χ0n) is 24.3. The van der Waals surface area contributed by atoms with Gasteiger partial charge >= 0.3 is 6.18 Å². The van der Waals surface area contributed by atoms with Gasteiger partial charge in [0.15, 0.2) is 0 Å². The topological polar surface area (TPSA) is 79.2 Å². The Morgan fingerprint density at radius 1 is 1.07 bits per heavy atom. The molecule has 1 N–H and O–H groups in total. The molecule has 6 rings (SSSR count). The quantitative estimate of drug-likeness (QED) is 0.208. The smallest absolute Gasteiger partial charge is 0.356 e. The third-order valence-corrected chi connectivity index (χ3v) is 8.01. The van der Waals surface area contributed by atoms with Gasteiger partial charge in [-0.1, -0.05) is 30.3 Å². The summed E-state index contributed by atoms with van der Waals surface area (Å²) >= 11 is 0. The largest absolute Gasteiger partial charge is 0.419 e. The standard InChI is InChI=1S/C32H31F4N7O/c1-41(2)14-15-43-18-26(22-8-9-25(33)24(17-22)32(34,35)36)39-29(43)21-10-12-42(13-11-21)30-27-23(16-20-6-4-3-5-7-20)31(44)40-28(27)37-19-38-30/h3-9,16-19,21H,10-15H2,1-2H3,(H,37,38,40,44)/b23-16-. The van der Waals surface area contributed by atoms with Gasteiger partial charge in [0.1, 0.15) is 29.6 Å². The van der Waals surface area contributed by atoms with Crippen molar-refractivity contribution < 1.29 is 22.4 Å². The van der Waals surface area contributed by atoms with Crippen molar-refractivity contribution in [1.29, 1.82) is 0 Å². The molecule has 0 aliphatic carbocycles. The minimum absolute atomic E-state index is 0.0404. The van der Waals surface area contributed by atoms with Crippen molar-refractivity contribution in [2.75, 3.05) is 43.9 Å². The minimum Gasteiger partial charge on any atom is -0.356 e. The number of nitrogens with zero attached hydrogens (tertiary/aromatic N) is 6. The average molecular weight is 606 g/mol. The van der Waals surface area contributed by atoms with Crippen LogP contribution in [-0.4, -0.2) is 64.1 Å². The van der Waals surface area contributed by atoms with Gasteiger partial charge in [0, 0.05) is 43.9 Å². The number of carbonyl (C=O) groups excluding carboxylic acids is 1. The Morgan fingerprint density at radius 3 is 2.52 bits per heavy atom. The van der Waals surface area contributed by atoms with Crippen molar-refractivity contribution in [3.63, 3.8) is 0 Å². The van der Waals surface area contributed by atoms with Gasteiger partial charge < -0.3 is 19.7 Å². The Kier molecular flexibility index (Phi) is 7.93. The second kappa shape index (κ2) is 11.8. The fourth-order valence-corrected chi connectivity index (χ4v) is 5.73. The molecule has 0 atom stereocenters. The normalized spacial score (nSPS) is 16.6. The lowest BCUT2D eigenvalue weighted by atomic mass is 9.95. The number of piperidine rings is 1. The number of alkyl halides is 3. The Morgan fingerprint density at radius 2 is 1.82 bits per heavy atom. The van der Waals surface area contributed by atoms with Crippen molar-refractivity contribution in [2.24, 2.45) is 0 Å². The summed E-state index contributed by atoms with van der Waals surface area (Å²) in [6, 6.07) is 12.6. The van der Waals surface area contributed by atoms with Crippen LogP contribution in [0.15, 0.2) is 61.1 Å². The number of aromatic nitrogens is 4. The Labute approximate surface area is 252 Å². The summed E-state index contributed by atoms with van der Waals surface area (Å²) < 4.78 is 56.3. The molecule has 0 saturated carbocycles. The molecule has 2 aromatic heterocycles. The van der Waals surface area contributed by atoms with Crippen LogP contribution in [-0.2, 0) is 17.5 Å². The Bertz CT molecular complexity index is 1710. The summed E-state index contributed by atoms with van der Waals surface area (Å²) in [6.07, 6.45) is 1.67.